The van der Waals surface area contributed by atoms with E-state index in [2.05, 4.69) is 6.92 Å². The molecule has 0 fully saturated rings. The first-order valence-corrected chi connectivity index (χ1v) is 7.13. The van der Waals surface area contributed by atoms with Crippen molar-refractivity contribution in [3.8, 4) is 5.75 Å². The van der Waals surface area contributed by atoms with Crippen molar-refractivity contribution in [2.24, 2.45) is 0 Å². The molecule has 1 aromatic carbocycles. The Morgan fingerprint density at radius 2 is 1.60 bits per heavy atom. The number of Topliss-reactive ketones (excluding diaryl/α,β-unsaturated/α-hetero) is 1. The number of rotatable bonds is 10. The highest BCUT2D eigenvalue weighted by atomic mass is 16.5. The molecule has 0 aliphatic carbocycles. The van der Waals surface area contributed by atoms with Crippen LogP contribution in [-0.4, -0.2) is 18.4 Å². The first-order valence-electron chi connectivity index (χ1n) is 7.13. The van der Waals surface area contributed by atoms with Crippen molar-refractivity contribution in [2.45, 2.75) is 45.4 Å². The number of carboxylic acids is 1. The molecule has 1 aromatic rings. The van der Waals surface area contributed by atoms with E-state index in [1.807, 2.05) is 0 Å². The van der Waals surface area contributed by atoms with Crippen LogP contribution >= 0.6 is 0 Å². The lowest BCUT2D eigenvalue weighted by molar-refractivity contribution is -0.296. The zero-order valence-electron chi connectivity index (χ0n) is 11.9. The molecule has 0 saturated heterocycles. The summed E-state index contributed by atoms with van der Waals surface area (Å²) >= 11 is 0. The Morgan fingerprint density at radius 3 is 2.20 bits per heavy atom. The molecule has 0 amide bonds. The third kappa shape index (κ3) is 5.87. The van der Waals surface area contributed by atoms with Crippen LogP contribution in [0, 0.1) is 0 Å². The van der Waals surface area contributed by atoms with Gasteiger partial charge >= 0.3 is 0 Å². The maximum absolute atomic E-state index is 11.1. The smallest absolute Gasteiger partial charge is 0.208 e. The van der Waals surface area contributed by atoms with Crippen molar-refractivity contribution in [1.82, 2.24) is 0 Å². The fourth-order valence-electron chi connectivity index (χ4n) is 1.89. The van der Waals surface area contributed by atoms with E-state index >= 15 is 0 Å². The number of carbonyl (C=O) groups excluding carboxylic acids is 2. The zero-order valence-corrected chi connectivity index (χ0v) is 11.9. The Bertz CT molecular complexity index is 423. The van der Waals surface area contributed by atoms with Gasteiger partial charge < -0.3 is 14.6 Å². The van der Waals surface area contributed by atoms with Crippen LogP contribution in [0.3, 0.4) is 0 Å². The summed E-state index contributed by atoms with van der Waals surface area (Å²) < 4.78 is 5.53. The van der Waals surface area contributed by atoms with Gasteiger partial charge in [0.25, 0.3) is 0 Å². The molecule has 0 heterocycles. The summed E-state index contributed by atoms with van der Waals surface area (Å²) in [4.78, 5) is 21.6. The van der Waals surface area contributed by atoms with E-state index in [1.165, 1.54) is 37.8 Å². The lowest BCUT2D eigenvalue weighted by atomic mass is 10.1. The van der Waals surface area contributed by atoms with Crippen LogP contribution in [0.15, 0.2) is 24.3 Å². The molecule has 0 bridgehead atoms. The molecule has 4 heteroatoms. The van der Waals surface area contributed by atoms with Crippen molar-refractivity contribution in [2.75, 3.05) is 6.61 Å². The van der Waals surface area contributed by atoms with Gasteiger partial charge in [0, 0.05) is 5.56 Å². The number of carboxylic acid groups (broad SMARTS) is 1. The maximum Gasteiger partial charge on any atom is 0.208 e. The quantitative estimate of drug-likeness (QED) is 0.374. The van der Waals surface area contributed by atoms with E-state index < -0.39 is 11.8 Å². The number of hydrogen-bond donors (Lipinski definition) is 0. The summed E-state index contributed by atoms with van der Waals surface area (Å²) in [5, 5.41) is 10.4. The van der Waals surface area contributed by atoms with Gasteiger partial charge in [0.1, 0.15) is 11.7 Å². The van der Waals surface area contributed by atoms with Gasteiger partial charge in [0.15, 0.2) is 0 Å². The molecule has 4 nitrogen and oxygen atoms in total. The fourth-order valence-corrected chi connectivity index (χ4v) is 1.89. The third-order valence-corrected chi connectivity index (χ3v) is 3.07. The third-order valence-electron chi connectivity index (χ3n) is 3.07. The first kappa shape index (κ1) is 16.2. The molecule has 0 N–H and O–H groups in total. The Hall–Kier alpha value is -1.84. The van der Waals surface area contributed by atoms with E-state index in [0.717, 1.165) is 12.8 Å². The Morgan fingerprint density at radius 1 is 1.00 bits per heavy atom. The van der Waals surface area contributed by atoms with Crippen LogP contribution in [0.2, 0.25) is 0 Å². The van der Waals surface area contributed by atoms with Gasteiger partial charge in [-0.15, -0.1) is 0 Å². The first-order chi connectivity index (χ1) is 9.65. The van der Waals surface area contributed by atoms with Gasteiger partial charge in [0.05, 0.1) is 6.61 Å². The van der Waals surface area contributed by atoms with Crippen molar-refractivity contribution < 1.29 is 19.4 Å². The zero-order chi connectivity index (χ0) is 14.8. The van der Waals surface area contributed by atoms with E-state index in [0.29, 0.717) is 12.4 Å². The molecular weight excluding hydrogens is 256 g/mol. The molecule has 0 aliphatic rings. The second-order valence-corrected chi connectivity index (χ2v) is 4.76. The number of benzene rings is 1. The summed E-state index contributed by atoms with van der Waals surface area (Å²) in [6, 6.07) is 6.09. The normalized spacial score (nSPS) is 10.2. The van der Waals surface area contributed by atoms with Gasteiger partial charge in [-0.05, 0) is 30.7 Å². The molecule has 0 radical (unpaired) electrons. The van der Waals surface area contributed by atoms with Gasteiger partial charge in [-0.1, -0.05) is 39.0 Å². The molecule has 0 atom stereocenters. The average Bonchev–Trinajstić information content (AvgIpc) is 2.46. The molecule has 0 unspecified atom stereocenters. The number of unbranched alkanes of at least 4 members (excludes halogenated alkanes) is 5. The minimum Gasteiger partial charge on any atom is -0.541 e. The van der Waals surface area contributed by atoms with E-state index in [4.69, 9.17) is 4.74 Å². The number of ether oxygens (including phenoxy) is 1. The topological polar surface area (TPSA) is 66.4 Å². The summed E-state index contributed by atoms with van der Waals surface area (Å²) in [6.45, 7) is 2.83. The molecule has 0 spiro atoms. The van der Waals surface area contributed by atoms with Crippen LogP contribution in [0.1, 0.15) is 55.8 Å². The molecule has 20 heavy (non-hydrogen) atoms. The van der Waals surface area contributed by atoms with Crippen LogP contribution in [0.25, 0.3) is 0 Å². The minimum atomic E-state index is -1.69. The fraction of sp³-hybridized carbons (Fsp3) is 0.500. The Labute approximate surface area is 119 Å². The molecule has 110 valence electrons. The number of carbonyl (C=O) groups is 2. The van der Waals surface area contributed by atoms with Gasteiger partial charge in [-0.2, -0.15) is 0 Å². The van der Waals surface area contributed by atoms with Crippen LogP contribution < -0.4 is 9.84 Å². The lowest BCUT2D eigenvalue weighted by Crippen LogP contribution is -2.31. The van der Waals surface area contributed by atoms with Gasteiger partial charge in [-0.3, -0.25) is 4.79 Å². The standard InChI is InChI=1S/C16H22O4/c1-2-3-4-5-6-7-12-20-14-10-8-13(9-11-14)15(17)16(18)19/h8-11H,2-7,12H2,1H3,(H,18,19)/p-1. The second kappa shape index (κ2) is 9.13. The minimum absolute atomic E-state index is 0.108. The van der Waals surface area contributed by atoms with Crippen LogP contribution in [0.5, 0.6) is 5.75 Å². The van der Waals surface area contributed by atoms with E-state index in [-0.39, 0.29) is 5.56 Å². The summed E-state index contributed by atoms with van der Waals surface area (Å²) in [6.07, 6.45) is 7.19. The summed E-state index contributed by atoms with van der Waals surface area (Å²) in [5.41, 5.74) is 0.108. The Kier molecular flexibility index (Phi) is 7.40. The maximum atomic E-state index is 11.1. The van der Waals surface area contributed by atoms with Crippen LogP contribution in [0.4, 0.5) is 0 Å². The number of aliphatic carboxylic acids is 1. The van der Waals surface area contributed by atoms with Crippen LogP contribution in [-0.2, 0) is 4.79 Å². The van der Waals surface area contributed by atoms with Crippen molar-refractivity contribution >= 4 is 11.8 Å². The van der Waals surface area contributed by atoms with Crippen molar-refractivity contribution in [3.63, 3.8) is 0 Å². The number of ketones is 1. The molecular formula is C16H21O4-. The SMILES string of the molecule is CCCCCCCCOc1ccc(C(=O)C(=O)[O-])cc1. The highest BCUT2D eigenvalue weighted by molar-refractivity contribution is 6.38. The van der Waals surface area contributed by atoms with Crippen molar-refractivity contribution in [1.29, 1.82) is 0 Å². The van der Waals surface area contributed by atoms with E-state index in [1.54, 1.807) is 12.1 Å². The summed E-state index contributed by atoms with van der Waals surface area (Å²) in [7, 11) is 0. The molecule has 0 aromatic heterocycles. The molecule has 0 aliphatic heterocycles. The summed E-state index contributed by atoms with van der Waals surface area (Å²) in [5.74, 6) is -2.05. The van der Waals surface area contributed by atoms with Gasteiger partial charge in [-0.25, -0.2) is 0 Å². The monoisotopic (exact) mass is 277 g/mol. The van der Waals surface area contributed by atoms with Gasteiger partial charge in [0.2, 0.25) is 5.78 Å². The lowest BCUT2D eigenvalue weighted by Gasteiger charge is -2.07. The largest absolute Gasteiger partial charge is 0.541 e. The van der Waals surface area contributed by atoms with E-state index in [9.17, 15) is 14.7 Å². The predicted octanol–water partition coefficient (Wildman–Crippen LogP) is 2.36. The van der Waals surface area contributed by atoms with Crippen molar-refractivity contribution in [3.05, 3.63) is 29.8 Å². The average molecular weight is 277 g/mol. The predicted molar refractivity (Wildman–Crippen MR) is 74.7 cm³/mol. The highest BCUT2D eigenvalue weighted by Crippen LogP contribution is 2.13. The second-order valence-electron chi connectivity index (χ2n) is 4.76. The number of hydrogen-bond acceptors (Lipinski definition) is 4. The Balaban J connectivity index is 2.25. The molecule has 0 saturated carbocycles. The molecule has 1 rings (SSSR count). The highest BCUT2D eigenvalue weighted by Gasteiger charge is 2.06.